The molecule has 0 N–H and O–H groups in total. The van der Waals surface area contributed by atoms with E-state index in [1.165, 1.54) is 17.2 Å². The van der Waals surface area contributed by atoms with Gasteiger partial charge in [-0.1, -0.05) is 38.4 Å². The molecule has 0 aliphatic rings. The first-order chi connectivity index (χ1) is 13.7. The van der Waals surface area contributed by atoms with Crippen molar-refractivity contribution in [3.05, 3.63) is 52.7 Å². The Morgan fingerprint density at radius 2 is 1.80 bits per heavy atom. The normalized spacial score (nSPS) is 12.7. The highest BCUT2D eigenvalue weighted by molar-refractivity contribution is 7.90. The van der Waals surface area contributed by atoms with Crippen LogP contribution in [0.2, 0.25) is 5.02 Å². The third-order valence-corrected chi connectivity index (χ3v) is 6.18. The first-order valence-electron chi connectivity index (χ1n) is 9.03. The zero-order valence-electron chi connectivity index (χ0n) is 16.9. The zero-order valence-corrected chi connectivity index (χ0v) is 18.5. The summed E-state index contributed by atoms with van der Waals surface area (Å²) in [5.41, 5.74) is -1.53. The van der Waals surface area contributed by atoms with Crippen molar-refractivity contribution in [1.82, 2.24) is 4.98 Å². The molecule has 1 aromatic carbocycles. The van der Waals surface area contributed by atoms with Crippen molar-refractivity contribution in [1.29, 1.82) is 0 Å². The van der Waals surface area contributed by atoms with Gasteiger partial charge in [0.1, 0.15) is 0 Å². The van der Waals surface area contributed by atoms with Gasteiger partial charge in [0.05, 0.1) is 21.2 Å². The molecule has 2 rings (SSSR count). The van der Waals surface area contributed by atoms with Crippen molar-refractivity contribution < 1.29 is 26.4 Å². The Labute approximate surface area is 178 Å². The summed E-state index contributed by atoms with van der Waals surface area (Å²) in [6.07, 6.45) is -3.40. The van der Waals surface area contributed by atoms with Crippen molar-refractivity contribution in [2.24, 2.45) is 5.41 Å². The van der Waals surface area contributed by atoms with E-state index < -0.39 is 37.6 Å². The van der Waals surface area contributed by atoms with E-state index in [-0.39, 0.29) is 22.3 Å². The lowest BCUT2D eigenvalue weighted by Crippen LogP contribution is -2.40. The Balaban J connectivity index is 2.34. The number of nitrogens with zero attached hydrogens (tertiary/aromatic N) is 2. The Kier molecular flexibility index (Phi) is 6.88. The maximum Gasteiger partial charge on any atom is 0.416 e. The summed E-state index contributed by atoms with van der Waals surface area (Å²) in [5.74, 6) is -0.594. The van der Waals surface area contributed by atoms with Gasteiger partial charge in [0.2, 0.25) is 5.91 Å². The number of aromatic nitrogens is 1. The summed E-state index contributed by atoms with van der Waals surface area (Å²) in [4.78, 5) is 17.7. The van der Waals surface area contributed by atoms with E-state index in [2.05, 4.69) is 4.98 Å². The summed E-state index contributed by atoms with van der Waals surface area (Å²) < 4.78 is 63.9. The van der Waals surface area contributed by atoms with Crippen LogP contribution in [0.15, 0.2) is 41.4 Å². The highest BCUT2D eigenvalue weighted by atomic mass is 35.5. The van der Waals surface area contributed by atoms with Crippen LogP contribution in [0.3, 0.4) is 0 Å². The Morgan fingerprint density at radius 1 is 1.17 bits per heavy atom. The summed E-state index contributed by atoms with van der Waals surface area (Å²) in [5, 5.41) is 0.0752. The van der Waals surface area contributed by atoms with Crippen molar-refractivity contribution in [3.63, 3.8) is 0 Å². The standard InChI is InChI=1S/C20H22ClF3N2O3S/c1-5-26(18(27)19(2,3)4)17-16(21)9-13(11-25-17)12-30(28,29)15-8-6-7-14(10-15)20(22,23)24/h6-11H,5,12H2,1-4H3. The predicted molar refractivity (Wildman–Crippen MR) is 109 cm³/mol. The third kappa shape index (κ3) is 5.51. The lowest BCUT2D eigenvalue weighted by Gasteiger charge is -2.28. The fourth-order valence-corrected chi connectivity index (χ4v) is 4.36. The van der Waals surface area contributed by atoms with Gasteiger partial charge in [0, 0.05) is 18.2 Å². The van der Waals surface area contributed by atoms with Crippen LogP contribution in [-0.4, -0.2) is 25.9 Å². The average Bonchev–Trinajstić information content (AvgIpc) is 2.62. The van der Waals surface area contributed by atoms with Gasteiger partial charge < -0.3 is 0 Å². The van der Waals surface area contributed by atoms with Crippen LogP contribution in [-0.2, 0) is 26.6 Å². The number of pyridine rings is 1. The molecule has 0 bridgehead atoms. The van der Waals surface area contributed by atoms with Crippen molar-refractivity contribution in [2.45, 2.75) is 44.5 Å². The van der Waals surface area contributed by atoms with Crippen molar-refractivity contribution in [3.8, 4) is 0 Å². The molecule has 0 saturated carbocycles. The molecule has 0 unspecified atom stereocenters. The van der Waals surface area contributed by atoms with Crippen LogP contribution in [0, 0.1) is 5.41 Å². The molecule has 164 valence electrons. The highest BCUT2D eigenvalue weighted by Crippen LogP contribution is 2.32. The van der Waals surface area contributed by atoms with Gasteiger partial charge in [-0.05, 0) is 36.8 Å². The molecule has 0 radical (unpaired) electrons. The molecular formula is C20H22ClF3N2O3S. The molecule has 5 nitrogen and oxygen atoms in total. The van der Waals surface area contributed by atoms with E-state index in [1.807, 2.05) is 0 Å². The molecule has 0 saturated heterocycles. The number of sulfone groups is 1. The summed E-state index contributed by atoms with van der Waals surface area (Å²) >= 11 is 6.26. The van der Waals surface area contributed by atoms with Crippen LogP contribution < -0.4 is 4.90 Å². The first-order valence-corrected chi connectivity index (χ1v) is 11.1. The third-order valence-electron chi connectivity index (χ3n) is 4.21. The number of anilines is 1. The average molecular weight is 463 g/mol. The van der Waals surface area contributed by atoms with Gasteiger partial charge in [0.15, 0.2) is 15.7 Å². The molecule has 2 aromatic rings. The fourth-order valence-electron chi connectivity index (χ4n) is 2.71. The number of hydrogen-bond donors (Lipinski definition) is 0. The molecule has 30 heavy (non-hydrogen) atoms. The van der Waals surface area contributed by atoms with Gasteiger partial charge in [-0.15, -0.1) is 0 Å². The number of benzene rings is 1. The second kappa shape index (κ2) is 8.55. The molecule has 10 heteroatoms. The van der Waals surface area contributed by atoms with Crippen molar-refractivity contribution >= 4 is 33.2 Å². The number of carbonyl (C=O) groups is 1. The Bertz CT molecular complexity index is 1050. The van der Waals surface area contributed by atoms with E-state index in [0.29, 0.717) is 12.6 Å². The lowest BCUT2D eigenvalue weighted by atomic mass is 9.94. The Hall–Kier alpha value is -2.13. The topological polar surface area (TPSA) is 67.3 Å². The fraction of sp³-hybridized carbons (Fsp3) is 0.400. The Morgan fingerprint density at radius 3 is 2.30 bits per heavy atom. The van der Waals surface area contributed by atoms with E-state index in [1.54, 1.807) is 27.7 Å². The summed E-state index contributed by atoms with van der Waals surface area (Å²) in [6, 6.07) is 4.90. The number of amides is 1. The quantitative estimate of drug-likeness (QED) is 0.618. The molecule has 0 atom stereocenters. The molecule has 0 fully saturated rings. The van der Waals surface area contributed by atoms with E-state index in [4.69, 9.17) is 11.6 Å². The molecule has 0 aliphatic heterocycles. The van der Waals surface area contributed by atoms with Gasteiger partial charge in [-0.3, -0.25) is 9.69 Å². The smallest absolute Gasteiger partial charge is 0.295 e. The number of rotatable bonds is 5. The second-order valence-electron chi connectivity index (χ2n) is 7.73. The molecule has 0 aliphatic carbocycles. The minimum Gasteiger partial charge on any atom is -0.295 e. The lowest BCUT2D eigenvalue weighted by molar-refractivity contribution is -0.137. The van der Waals surface area contributed by atoms with Crippen LogP contribution in [0.5, 0.6) is 0 Å². The van der Waals surface area contributed by atoms with Crippen LogP contribution >= 0.6 is 11.6 Å². The summed E-state index contributed by atoms with van der Waals surface area (Å²) in [7, 11) is -4.07. The van der Waals surface area contributed by atoms with Crippen LogP contribution in [0.1, 0.15) is 38.8 Å². The largest absolute Gasteiger partial charge is 0.416 e. The van der Waals surface area contributed by atoms with Gasteiger partial charge >= 0.3 is 6.18 Å². The minimum atomic E-state index is -4.65. The van der Waals surface area contributed by atoms with Crippen LogP contribution in [0.25, 0.3) is 0 Å². The molecular weight excluding hydrogens is 441 g/mol. The van der Waals surface area contributed by atoms with Crippen LogP contribution in [0.4, 0.5) is 19.0 Å². The second-order valence-corrected chi connectivity index (χ2v) is 10.1. The zero-order chi connectivity index (χ0) is 22.9. The molecule has 1 aromatic heterocycles. The number of hydrogen-bond acceptors (Lipinski definition) is 4. The monoisotopic (exact) mass is 462 g/mol. The number of halogens is 4. The van der Waals surface area contributed by atoms with Gasteiger partial charge in [-0.2, -0.15) is 13.2 Å². The first kappa shape index (κ1) is 24.1. The summed E-state index contributed by atoms with van der Waals surface area (Å²) in [6.45, 7) is 7.32. The maximum absolute atomic E-state index is 12.9. The van der Waals surface area contributed by atoms with Gasteiger partial charge in [0.25, 0.3) is 0 Å². The SMILES string of the molecule is CCN(C(=O)C(C)(C)C)c1ncc(CS(=O)(=O)c2cccc(C(F)(F)F)c2)cc1Cl. The van der Waals surface area contributed by atoms with E-state index >= 15 is 0 Å². The minimum absolute atomic E-state index is 0.0752. The number of carbonyl (C=O) groups excluding carboxylic acids is 1. The molecule has 1 heterocycles. The number of alkyl halides is 3. The van der Waals surface area contributed by atoms with Gasteiger partial charge in [-0.25, -0.2) is 13.4 Å². The van der Waals surface area contributed by atoms with E-state index in [9.17, 15) is 26.4 Å². The highest BCUT2D eigenvalue weighted by Gasteiger charge is 2.32. The molecule has 0 spiro atoms. The predicted octanol–water partition coefficient (Wildman–Crippen LogP) is 5.13. The van der Waals surface area contributed by atoms with E-state index in [0.717, 1.165) is 18.2 Å². The maximum atomic E-state index is 12.9. The van der Waals surface area contributed by atoms with Crippen molar-refractivity contribution in [2.75, 3.05) is 11.4 Å². The molecule has 1 amide bonds.